The van der Waals surface area contributed by atoms with Crippen LogP contribution < -0.4 is 9.80 Å². The van der Waals surface area contributed by atoms with Crippen molar-refractivity contribution in [1.82, 2.24) is 19.8 Å². The van der Waals surface area contributed by atoms with Crippen LogP contribution in [0.15, 0.2) is 12.3 Å². The molecule has 7 nitrogen and oxygen atoms in total. The minimum atomic E-state index is 0.742. The van der Waals surface area contributed by atoms with Crippen LogP contribution in [0, 0.1) is 0 Å². The van der Waals surface area contributed by atoms with Crippen molar-refractivity contribution < 1.29 is 4.79 Å². The quantitative estimate of drug-likeness (QED) is 0.724. The van der Waals surface area contributed by atoms with Crippen molar-refractivity contribution in [2.24, 2.45) is 0 Å². The lowest BCUT2D eigenvalue weighted by Crippen LogP contribution is -2.47. The zero-order valence-corrected chi connectivity index (χ0v) is 13.2. The number of carbonyl (C=O) groups is 1. The summed E-state index contributed by atoms with van der Waals surface area (Å²) in [7, 11) is 0. The van der Waals surface area contributed by atoms with Crippen LogP contribution in [0.2, 0.25) is 0 Å². The van der Waals surface area contributed by atoms with E-state index in [9.17, 15) is 4.79 Å². The molecule has 2 aliphatic rings. The van der Waals surface area contributed by atoms with E-state index >= 15 is 0 Å². The van der Waals surface area contributed by atoms with Gasteiger partial charge in [-0.25, -0.2) is 4.98 Å². The van der Waals surface area contributed by atoms with Crippen molar-refractivity contribution in [3.05, 3.63) is 12.3 Å². The van der Waals surface area contributed by atoms with E-state index in [1.54, 1.807) is 4.90 Å². The van der Waals surface area contributed by atoms with E-state index < -0.39 is 0 Å². The van der Waals surface area contributed by atoms with Gasteiger partial charge in [0.05, 0.1) is 0 Å². The summed E-state index contributed by atoms with van der Waals surface area (Å²) in [5.41, 5.74) is 0. The highest BCUT2D eigenvalue weighted by Crippen LogP contribution is 2.17. The molecule has 1 amide bonds. The van der Waals surface area contributed by atoms with Crippen LogP contribution in [0.1, 0.15) is 6.92 Å². The number of amides is 1. The normalized spacial score (nSPS) is 20.3. The molecule has 0 spiro atoms. The molecule has 0 radical (unpaired) electrons. The van der Waals surface area contributed by atoms with E-state index in [1.807, 2.05) is 12.3 Å². The third-order valence-electron chi connectivity index (χ3n) is 4.52. The summed E-state index contributed by atoms with van der Waals surface area (Å²) in [5, 5.41) is 0. The molecule has 2 fully saturated rings. The average Bonchev–Trinajstić information content (AvgIpc) is 2.62. The Balaban J connectivity index is 1.64. The number of piperazine rings is 2. The first-order valence-corrected chi connectivity index (χ1v) is 8.05. The Morgan fingerprint density at radius 3 is 2.36 bits per heavy atom. The average molecular weight is 304 g/mol. The maximum absolute atomic E-state index is 10.8. The van der Waals surface area contributed by atoms with Crippen molar-refractivity contribution in [3.8, 4) is 0 Å². The standard InChI is InChI=1S/C15H24N6O/c1-2-18-5-9-20(10-6-18)14-3-4-16-15(17-14)21-11-7-19(13-22)8-12-21/h3-4,13H,2,5-12H2,1H3. The molecule has 2 aliphatic heterocycles. The molecule has 3 rings (SSSR count). The van der Waals surface area contributed by atoms with Gasteiger partial charge < -0.3 is 19.6 Å². The number of nitrogens with zero attached hydrogens (tertiary/aromatic N) is 6. The number of hydrogen-bond acceptors (Lipinski definition) is 6. The molecule has 0 aromatic carbocycles. The van der Waals surface area contributed by atoms with Crippen molar-refractivity contribution in [3.63, 3.8) is 0 Å². The second kappa shape index (κ2) is 6.91. The van der Waals surface area contributed by atoms with Crippen LogP contribution >= 0.6 is 0 Å². The molecule has 2 saturated heterocycles. The molecule has 0 atom stereocenters. The molecule has 7 heteroatoms. The van der Waals surface area contributed by atoms with Crippen molar-refractivity contribution >= 4 is 18.2 Å². The molecule has 1 aromatic heterocycles. The summed E-state index contributed by atoms with van der Waals surface area (Å²) in [6.07, 6.45) is 2.76. The van der Waals surface area contributed by atoms with Gasteiger partial charge in [-0.15, -0.1) is 0 Å². The number of aromatic nitrogens is 2. The van der Waals surface area contributed by atoms with Crippen LogP contribution in [-0.4, -0.2) is 85.1 Å². The third kappa shape index (κ3) is 3.30. The van der Waals surface area contributed by atoms with Gasteiger partial charge in [0, 0.05) is 58.6 Å². The first-order chi connectivity index (χ1) is 10.8. The maximum Gasteiger partial charge on any atom is 0.227 e. The van der Waals surface area contributed by atoms with Crippen molar-refractivity contribution in [1.29, 1.82) is 0 Å². The van der Waals surface area contributed by atoms with Gasteiger partial charge in [0.1, 0.15) is 5.82 Å². The van der Waals surface area contributed by atoms with E-state index in [0.717, 1.165) is 77.1 Å². The number of anilines is 2. The minimum Gasteiger partial charge on any atom is -0.354 e. The highest BCUT2D eigenvalue weighted by atomic mass is 16.1. The molecule has 0 saturated carbocycles. The van der Waals surface area contributed by atoms with E-state index in [1.165, 1.54) is 0 Å². The van der Waals surface area contributed by atoms with Gasteiger partial charge in [-0.05, 0) is 12.6 Å². The van der Waals surface area contributed by atoms with Crippen molar-refractivity contribution in [2.45, 2.75) is 6.92 Å². The van der Waals surface area contributed by atoms with E-state index in [4.69, 9.17) is 4.98 Å². The summed E-state index contributed by atoms with van der Waals surface area (Å²) in [6, 6.07) is 1.99. The maximum atomic E-state index is 10.8. The fourth-order valence-electron chi connectivity index (χ4n) is 2.99. The van der Waals surface area contributed by atoms with E-state index in [2.05, 4.69) is 26.6 Å². The van der Waals surface area contributed by atoms with Crippen LogP contribution in [0.5, 0.6) is 0 Å². The number of rotatable bonds is 4. The van der Waals surface area contributed by atoms with E-state index in [0.29, 0.717) is 0 Å². The van der Waals surface area contributed by atoms with Crippen molar-refractivity contribution in [2.75, 3.05) is 68.7 Å². The summed E-state index contributed by atoms with van der Waals surface area (Å²) in [6.45, 7) is 10.6. The number of likely N-dealkylation sites (N-methyl/N-ethyl adjacent to an activating group) is 1. The minimum absolute atomic E-state index is 0.742. The lowest BCUT2D eigenvalue weighted by molar-refractivity contribution is -0.118. The Morgan fingerprint density at radius 1 is 1.05 bits per heavy atom. The third-order valence-corrected chi connectivity index (χ3v) is 4.52. The van der Waals surface area contributed by atoms with Gasteiger partial charge in [-0.1, -0.05) is 6.92 Å². The van der Waals surface area contributed by atoms with Crippen LogP contribution in [-0.2, 0) is 4.79 Å². The summed E-state index contributed by atoms with van der Waals surface area (Å²) in [5.74, 6) is 1.79. The highest BCUT2D eigenvalue weighted by Gasteiger charge is 2.20. The second-order valence-corrected chi connectivity index (χ2v) is 5.76. The highest BCUT2D eigenvalue weighted by molar-refractivity contribution is 5.49. The molecule has 1 aromatic rings. The zero-order valence-electron chi connectivity index (χ0n) is 13.2. The SMILES string of the molecule is CCN1CCN(c2ccnc(N3CCN(C=O)CC3)n2)CC1. The van der Waals surface area contributed by atoms with Gasteiger partial charge in [0.25, 0.3) is 0 Å². The Morgan fingerprint density at radius 2 is 1.73 bits per heavy atom. The van der Waals surface area contributed by atoms with Gasteiger partial charge in [0.15, 0.2) is 0 Å². The molecule has 3 heterocycles. The van der Waals surface area contributed by atoms with E-state index in [-0.39, 0.29) is 0 Å². The van der Waals surface area contributed by atoms with Gasteiger partial charge in [-0.3, -0.25) is 4.79 Å². The summed E-state index contributed by atoms with van der Waals surface area (Å²) in [4.78, 5) is 28.7. The molecule has 0 unspecified atom stereocenters. The predicted molar refractivity (Wildman–Crippen MR) is 86.2 cm³/mol. The lowest BCUT2D eigenvalue weighted by Gasteiger charge is -2.36. The Hall–Kier alpha value is -1.89. The molecule has 22 heavy (non-hydrogen) atoms. The molecule has 0 aliphatic carbocycles. The van der Waals surface area contributed by atoms with Crippen LogP contribution in [0.4, 0.5) is 11.8 Å². The predicted octanol–water partition coefficient (Wildman–Crippen LogP) is -0.103. The number of hydrogen-bond donors (Lipinski definition) is 0. The molecular formula is C15H24N6O. The fraction of sp³-hybridized carbons (Fsp3) is 0.667. The van der Waals surface area contributed by atoms with Gasteiger partial charge in [0.2, 0.25) is 12.4 Å². The Labute approximate surface area is 131 Å². The van der Waals surface area contributed by atoms with Gasteiger partial charge in [-0.2, -0.15) is 4.98 Å². The molecule has 120 valence electrons. The fourth-order valence-corrected chi connectivity index (χ4v) is 2.99. The van der Waals surface area contributed by atoms with Crippen LogP contribution in [0.3, 0.4) is 0 Å². The Bertz CT molecular complexity index is 495. The summed E-state index contributed by atoms with van der Waals surface area (Å²) >= 11 is 0. The monoisotopic (exact) mass is 304 g/mol. The Kier molecular flexibility index (Phi) is 4.72. The first kappa shape index (κ1) is 15.0. The smallest absolute Gasteiger partial charge is 0.227 e. The topological polar surface area (TPSA) is 55.8 Å². The van der Waals surface area contributed by atoms with Crippen LogP contribution in [0.25, 0.3) is 0 Å². The lowest BCUT2D eigenvalue weighted by atomic mass is 10.3. The summed E-state index contributed by atoms with van der Waals surface area (Å²) < 4.78 is 0. The van der Waals surface area contributed by atoms with Gasteiger partial charge >= 0.3 is 0 Å². The first-order valence-electron chi connectivity index (χ1n) is 8.05. The second-order valence-electron chi connectivity index (χ2n) is 5.76. The molecule has 0 N–H and O–H groups in total. The largest absolute Gasteiger partial charge is 0.354 e. The zero-order chi connectivity index (χ0) is 15.4. The molecular weight excluding hydrogens is 280 g/mol. The molecule has 0 bridgehead atoms. The number of carbonyl (C=O) groups excluding carboxylic acids is 1.